The average Bonchev–Trinajstić information content (AvgIpc) is 3.21. The number of nitrogens with two attached hydrogens (primary N) is 1. The predicted molar refractivity (Wildman–Crippen MR) is 110 cm³/mol. The van der Waals surface area contributed by atoms with Gasteiger partial charge < -0.3 is 25.3 Å². The quantitative estimate of drug-likeness (QED) is 0.738. The van der Waals surface area contributed by atoms with Crippen LogP contribution in [0.3, 0.4) is 0 Å². The molecule has 1 saturated heterocycles. The van der Waals surface area contributed by atoms with E-state index in [9.17, 15) is 4.79 Å². The fourth-order valence-electron chi connectivity index (χ4n) is 3.31. The van der Waals surface area contributed by atoms with Crippen molar-refractivity contribution in [2.24, 2.45) is 5.73 Å². The lowest BCUT2D eigenvalue weighted by atomic mass is 9.97. The second-order valence-electron chi connectivity index (χ2n) is 6.55. The molecule has 3 rings (SSSR count). The van der Waals surface area contributed by atoms with Crippen LogP contribution >= 0.6 is 12.4 Å². The molecule has 1 fully saturated rings. The molecule has 1 amide bonds. The fourth-order valence-corrected chi connectivity index (χ4v) is 3.31. The first-order valence-electron chi connectivity index (χ1n) is 9.08. The highest BCUT2D eigenvalue weighted by molar-refractivity contribution is 5.85. The van der Waals surface area contributed by atoms with Crippen LogP contribution in [0.4, 0.5) is 0 Å². The van der Waals surface area contributed by atoms with Crippen molar-refractivity contribution in [2.45, 2.75) is 31.1 Å². The number of rotatable bonds is 7. The third-order valence-electron chi connectivity index (χ3n) is 4.80. The molecule has 6 nitrogen and oxygen atoms in total. The number of halogens is 1. The van der Waals surface area contributed by atoms with Crippen LogP contribution in [-0.2, 0) is 9.53 Å². The largest absolute Gasteiger partial charge is 0.497 e. The summed E-state index contributed by atoms with van der Waals surface area (Å²) in [5.41, 5.74) is 7.50. The summed E-state index contributed by atoms with van der Waals surface area (Å²) < 4.78 is 16.4. The lowest BCUT2D eigenvalue weighted by Crippen LogP contribution is -2.38. The van der Waals surface area contributed by atoms with E-state index in [1.807, 2.05) is 48.5 Å². The maximum atomic E-state index is 12.8. The molecular formula is C21H27ClN2O4. The minimum Gasteiger partial charge on any atom is -0.497 e. The van der Waals surface area contributed by atoms with Crippen molar-refractivity contribution in [1.82, 2.24) is 5.32 Å². The van der Waals surface area contributed by atoms with Crippen molar-refractivity contribution in [3.8, 4) is 11.5 Å². The molecule has 0 bridgehead atoms. The first kappa shape index (κ1) is 22.0. The number of carbonyl (C=O) groups excluding carboxylic acids is 1. The van der Waals surface area contributed by atoms with Crippen molar-refractivity contribution in [3.05, 3.63) is 59.7 Å². The van der Waals surface area contributed by atoms with E-state index < -0.39 is 6.10 Å². The minimum absolute atomic E-state index is 0. The Hall–Kier alpha value is -2.28. The Labute approximate surface area is 171 Å². The Kier molecular flexibility index (Phi) is 8.11. The molecule has 1 heterocycles. The molecule has 1 aliphatic heterocycles. The third kappa shape index (κ3) is 5.16. The van der Waals surface area contributed by atoms with Gasteiger partial charge in [-0.15, -0.1) is 12.4 Å². The Bertz CT molecular complexity index is 739. The molecule has 152 valence electrons. The van der Waals surface area contributed by atoms with Gasteiger partial charge >= 0.3 is 0 Å². The van der Waals surface area contributed by atoms with Crippen LogP contribution in [0.5, 0.6) is 11.5 Å². The van der Waals surface area contributed by atoms with Gasteiger partial charge in [0.05, 0.1) is 26.4 Å². The summed E-state index contributed by atoms with van der Waals surface area (Å²) in [4.78, 5) is 12.8. The van der Waals surface area contributed by atoms with Crippen LogP contribution < -0.4 is 20.5 Å². The number of amides is 1. The van der Waals surface area contributed by atoms with Gasteiger partial charge in [0.1, 0.15) is 17.6 Å². The van der Waals surface area contributed by atoms with Crippen LogP contribution in [0, 0.1) is 0 Å². The zero-order valence-corrected chi connectivity index (χ0v) is 16.9. The molecule has 3 N–H and O–H groups in total. The van der Waals surface area contributed by atoms with Crippen molar-refractivity contribution in [1.29, 1.82) is 0 Å². The maximum Gasteiger partial charge on any atom is 0.249 e. The minimum atomic E-state index is -0.475. The number of nitrogens with one attached hydrogen (secondary N) is 1. The summed E-state index contributed by atoms with van der Waals surface area (Å²) in [5, 5.41) is 3.12. The summed E-state index contributed by atoms with van der Waals surface area (Å²) in [6, 6.07) is 15.0. The topological polar surface area (TPSA) is 82.8 Å². The molecule has 7 heteroatoms. The van der Waals surface area contributed by atoms with Gasteiger partial charge in [-0.05, 0) is 48.2 Å². The summed E-state index contributed by atoms with van der Waals surface area (Å²) in [7, 11) is 3.25. The van der Waals surface area contributed by atoms with Gasteiger partial charge in [0, 0.05) is 6.54 Å². The molecule has 2 aromatic rings. The summed E-state index contributed by atoms with van der Waals surface area (Å²) in [6.45, 7) is 0.430. The number of carbonyl (C=O) groups is 1. The van der Waals surface area contributed by atoms with Crippen molar-refractivity contribution in [2.75, 3.05) is 20.8 Å². The van der Waals surface area contributed by atoms with E-state index >= 15 is 0 Å². The maximum absolute atomic E-state index is 12.8. The van der Waals surface area contributed by atoms with Gasteiger partial charge in [0.15, 0.2) is 0 Å². The van der Waals surface area contributed by atoms with Crippen LogP contribution in [0.1, 0.15) is 30.0 Å². The molecular weight excluding hydrogens is 380 g/mol. The van der Waals surface area contributed by atoms with E-state index in [-0.39, 0.29) is 30.5 Å². The Balaban J connectivity index is 0.00000280. The molecule has 0 unspecified atom stereocenters. The standard InChI is InChI=1S/C21H26N2O4.ClH/c1-25-16-7-3-5-14(11-16)20(15-6-4-8-17(12-15)26-2)23-21(24)19-10-9-18(13-22)27-19;/h3-8,11-12,18-20H,9-10,13,22H2,1-2H3,(H,23,24);1H/t18-,19+;/m1./s1. The number of ether oxygens (including phenoxy) is 3. The molecule has 0 spiro atoms. The Morgan fingerprint density at radius 3 is 2.14 bits per heavy atom. The second-order valence-corrected chi connectivity index (χ2v) is 6.55. The second kappa shape index (κ2) is 10.3. The molecule has 0 aromatic heterocycles. The Morgan fingerprint density at radius 2 is 1.68 bits per heavy atom. The van der Waals surface area contributed by atoms with Gasteiger partial charge in [-0.3, -0.25) is 4.79 Å². The van der Waals surface area contributed by atoms with E-state index in [4.69, 9.17) is 19.9 Å². The highest BCUT2D eigenvalue weighted by atomic mass is 35.5. The lowest BCUT2D eigenvalue weighted by molar-refractivity contribution is -0.132. The first-order chi connectivity index (χ1) is 13.1. The summed E-state index contributed by atoms with van der Waals surface area (Å²) in [5.74, 6) is 1.33. The molecule has 0 aliphatic carbocycles. The van der Waals surface area contributed by atoms with E-state index in [2.05, 4.69) is 5.32 Å². The SMILES string of the molecule is COc1cccc(C(NC(=O)[C@@H]2CC[C@H](CN)O2)c2cccc(OC)c2)c1.Cl. The molecule has 2 aromatic carbocycles. The number of benzene rings is 2. The smallest absolute Gasteiger partial charge is 0.249 e. The van der Waals surface area contributed by atoms with Crippen molar-refractivity contribution >= 4 is 18.3 Å². The average molecular weight is 407 g/mol. The summed E-state index contributed by atoms with van der Waals surface area (Å²) in [6.07, 6.45) is 0.957. The monoisotopic (exact) mass is 406 g/mol. The number of hydrogen-bond donors (Lipinski definition) is 2. The lowest BCUT2D eigenvalue weighted by Gasteiger charge is -2.23. The van der Waals surface area contributed by atoms with E-state index in [0.717, 1.165) is 29.0 Å². The Morgan fingerprint density at radius 1 is 1.11 bits per heavy atom. The number of methoxy groups -OCH3 is 2. The van der Waals surface area contributed by atoms with Gasteiger partial charge in [-0.2, -0.15) is 0 Å². The summed E-state index contributed by atoms with van der Waals surface area (Å²) >= 11 is 0. The molecule has 1 aliphatic rings. The van der Waals surface area contributed by atoms with Gasteiger partial charge in [0.25, 0.3) is 0 Å². The van der Waals surface area contributed by atoms with E-state index in [0.29, 0.717) is 13.0 Å². The highest BCUT2D eigenvalue weighted by Crippen LogP contribution is 2.29. The molecule has 28 heavy (non-hydrogen) atoms. The van der Waals surface area contributed by atoms with Crippen LogP contribution in [0.25, 0.3) is 0 Å². The molecule has 0 saturated carbocycles. The zero-order valence-electron chi connectivity index (χ0n) is 16.1. The zero-order chi connectivity index (χ0) is 19.2. The normalized spacial score (nSPS) is 18.4. The van der Waals surface area contributed by atoms with Crippen LogP contribution in [0.2, 0.25) is 0 Å². The van der Waals surface area contributed by atoms with E-state index in [1.54, 1.807) is 14.2 Å². The van der Waals surface area contributed by atoms with Gasteiger partial charge in [0.2, 0.25) is 5.91 Å². The van der Waals surface area contributed by atoms with Crippen molar-refractivity contribution < 1.29 is 19.0 Å². The first-order valence-corrected chi connectivity index (χ1v) is 9.08. The van der Waals surface area contributed by atoms with Crippen molar-refractivity contribution in [3.63, 3.8) is 0 Å². The number of hydrogen-bond acceptors (Lipinski definition) is 5. The van der Waals surface area contributed by atoms with E-state index in [1.165, 1.54) is 0 Å². The van der Waals surface area contributed by atoms with Gasteiger partial charge in [-0.1, -0.05) is 24.3 Å². The van der Waals surface area contributed by atoms with Crippen LogP contribution in [0.15, 0.2) is 48.5 Å². The van der Waals surface area contributed by atoms with Gasteiger partial charge in [-0.25, -0.2) is 0 Å². The predicted octanol–water partition coefficient (Wildman–Crippen LogP) is 2.84. The molecule has 0 radical (unpaired) electrons. The molecule has 2 atom stereocenters. The van der Waals surface area contributed by atoms with Crippen LogP contribution in [-0.4, -0.2) is 38.9 Å². The highest BCUT2D eigenvalue weighted by Gasteiger charge is 2.31. The fraction of sp³-hybridized carbons (Fsp3) is 0.381. The third-order valence-corrected chi connectivity index (χ3v) is 4.80.